The van der Waals surface area contributed by atoms with Crippen molar-refractivity contribution in [1.29, 1.82) is 0 Å². The number of aromatic nitrogens is 2. The lowest BCUT2D eigenvalue weighted by atomic mass is 10.2. The maximum atomic E-state index is 12.1. The van der Waals surface area contributed by atoms with Gasteiger partial charge in [0.1, 0.15) is 12.0 Å². The monoisotopic (exact) mass is 291 g/mol. The lowest BCUT2D eigenvalue weighted by molar-refractivity contribution is -0.385. The molecule has 0 fully saturated rings. The first-order valence-corrected chi connectivity index (χ1v) is 6.04. The number of carbonyl (C=O) groups excluding carboxylic acids is 1. The number of hydrogen-bond donors (Lipinski definition) is 2. The molecule has 0 spiro atoms. The van der Waals surface area contributed by atoms with Crippen LogP contribution >= 0.6 is 0 Å². The van der Waals surface area contributed by atoms with E-state index in [0.717, 1.165) is 6.20 Å². The summed E-state index contributed by atoms with van der Waals surface area (Å²) in [6, 6.07) is 2.85. The van der Waals surface area contributed by atoms with Crippen molar-refractivity contribution in [3.8, 4) is 0 Å². The summed E-state index contributed by atoms with van der Waals surface area (Å²) in [5.74, 6) is 0.252. The van der Waals surface area contributed by atoms with Gasteiger partial charge in [0, 0.05) is 19.2 Å². The van der Waals surface area contributed by atoms with Crippen molar-refractivity contribution in [3.63, 3.8) is 0 Å². The maximum absolute atomic E-state index is 12.1. The zero-order valence-corrected chi connectivity index (χ0v) is 11.4. The predicted molar refractivity (Wildman–Crippen MR) is 72.8 cm³/mol. The number of hydrogen-bond acceptors (Lipinski definition) is 7. The van der Waals surface area contributed by atoms with Crippen LogP contribution < -0.4 is 10.6 Å². The molecule has 2 N–H and O–H groups in total. The van der Waals surface area contributed by atoms with Crippen LogP contribution in [0.4, 0.5) is 11.5 Å². The molecule has 0 aliphatic rings. The van der Waals surface area contributed by atoms with Crippen LogP contribution in [0.5, 0.6) is 0 Å². The fourth-order valence-electron chi connectivity index (χ4n) is 1.69. The van der Waals surface area contributed by atoms with E-state index < -0.39 is 10.8 Å². The molecule has 0 aliphatic carbocycles. The number of pyridine rings is 1. The first-order chi connectivity index (χ1) is 10.0. The van der Waals surface area contributed by atoms with Crippen LogP contribution in [0, 0.1) is 17.0 Å². The standard InChI is InChI=1S/C12H13N5O4/c1-7-3-9(21-16-7)6-15-12(18)10-4-8(17(19)20)5-14-11(10)13-2/h3-5H,6H2,1-2H3,(H,13,14)(H,15,18). The van der Waals surface area contributed by atoms with Gasteiger partial charge in [-0.05, 0) is 6.92 Å². The zero-order chi connectivity index (χ0) is 15.4. The quantitative estimate of drug-likeness (QED) is 0.627. The molecule has 0 atom stereocenters. The average molecular weight is 291 g/mol. The second-order valence-corrected chi connectivity index (χ2v) is 4.21. The normalized spacial score (nSPS) is 10.2. The highest BCUT2D eigenvalue weighted by Gasteiger charge is 2.17. The molecule has 0 radical (unpaired) electrons. The third-order valence-electron chi connectivity index (χ3n) is 2.67. The van der Waals surface area contributed by atoms with Crippen LogP contribution in [0.3, 0.4) is 0 Å². The fourth-order valence-corrected chi connectivity index (χ4v) is 1.69. The molecule has 9 heteroatoms. The molecule has 2 heterocycles. The summed E-state index contributed by atoms with van der Waals surface area (Å²) in [5, 5.41) is 19.8. The predicted octanol–water partition coefficient (Wildman–Crippen LogP) is 1.26. The van der Waals surface area contributed by atoms with Crippen LogP contribution in [0.2, 0.25) is 0 Å². The van der Waals surface area contributed by atoms with Crippen LogP contribution in [0.25, 0.3) is 0 Å². The van der Waals surface area contributed by atoms with E-state index in [9.17, 15) is 14.9 Å². The zero-order valence-electron chi connectivity index (χ0n) is 11.4. The summed E-state index contributed by atoms with van der Waals surface area (Å²) < 4.78 is 4.96. The van der Waals surface area contributed by atoms with Gasteiger partial charge in [-0.1, -0.05) is 5.16 Å². The van der Waals surface area contributed by atoms with Crippen LogP contribution in [-0.2, 0) is 6.54 Å². The minimum atomic E-state index is -0.608. The minimum Gasteiger partial charge on any atom is -0.372 e. The lowest BCUT2D eigenvalue weighted by Gasteiger charge is -2.07. The first kappa shape index (κ1) is 14.4. The van der Waals surface area contributed by atoms with Crippen molar-refractivity contribution in [1.82, 2.24) is 15.5 Å². The van der Waals surface area contributed by atoms with Crippen molar-refractivity contribution in [3.05, 3.63) is 45.5 Å². The molecule has 2 aromatic heterocycles. The van der Waals surface area contributed by atoms with E-state index in [-0.39, 0.29) is 23.6 Å². The molecule has 1 amide bonds. The van der Waals surface area contributed by atoms with Gasteiger partial charge in [-0.2, -0.15) is 0 Å². The maximum Gasteiger partial charge on any atom is 0.288 e. The Labute approximate surface area is 119 Å². The van der Waals surface area contributed by atoms with Gasteiger partial charge in [0.15, 0.2) is 5.76 Å². The van der Waals surface area contributed by atoms with Gasteiger partial charge in [0.2, 0.25) is 0 Å². The Morgan fingerprint density at radius 1 is 1.48 bits per heavy atom. The third kappa shape index (κ3) is 3.32. The van der Waals surface area contributed by atoms with Gasteiger partial charge in [-0.3, -0.25) is 14.9 Å². The van der Waals surface area contributed by atoms with E-state index in [1.54, 1.807) is 20.0 Å². The van der Waals surface area contributed by atoms with Crippen molar-refractivity contribution in [2.75, 3.05) is 12.4 Å². The largest absolute Gasteiger partial charge is 0.372 e. The number of nitrogens with one attached hydrogen (secondary N) is 2. The average Bonchev–Trinajstić information content (AvgIpc) is 2.89. The molecule has 21 heavy (non-hydrogen) atoms. The Kier molecular flexibility index (Phi) is 4.12. The van der Waals surface area contributed by atoms with E-state index in [2.05, 4.69) is 20.8 Å². The molecule has 0 aromatic carbocycles. The van der Waals surface area contributed by atoms with Crippen LogP contribution in [0.1, 0.15) is 21.8 Å². The highest BCUT2D eigenvalue weighted by Crippen LogP contribution is 2.18. The molecule has 2 rings (SSSR count). The van der Waals surface area contributed by atoms with Crippen molar-refractivity contribution >= 4 is 17.4 Å². The SMILES string of the molecule is CNc1ncc([N+](=O)[O-])cc1C(=O)NCc1cc(C)no1. The number of rotatable bonds is 5. The third-order valence-corrected chi connectivity index (χ3v) is 2.67. The Balaban J connectivity index is 2.17. The fraction of sp³-hybridized carbons (Fsp3) is 0.250. The summed E-state index contributed by atoms with van der Waals surface area (Å²) in [6.45, 7) is 1.89. The van der Waals surface area contributed by atoms with Crippen LogP contribution in [0.15, 0.2) is 22.9 Å². The molecule has 0 saturated carbocycles. The van der Waals surface area contributed by atoms with Gasteiger partial charge in [0.25, 0.3) is 11.6 Å². The first-order valence-electron chi connectivity index (χ1n) is 6.04. The molecule has 0 bridgehead atoms. The second kappa shape index (κ2) is 5.99. The Morgan fingerprint density at radius 3 is 2.81 bits per heavy atom. The van der Waals surface area contributed by atoms with Crippen molar-refractivity contribution < 1.29 is 14.2 Å². The Hall–Kier alpha value is -2.97. The molecule has 110 valence electrons. The summed E-state index contributed by atoms with van der Waals surface area (Å²) >= 11 is 0. The summed E-state index contributed by atoms with van der Waals surface area (Å²) in [4.78, 5) is 26.1. The van der Waals surface area contributed by atoms with E-state index >= 15 is 0 Å². The molecule has 0 aliphatic heterocycles. The topological polar surface area (TPSA) is 123 Å². The van der Waals surface area contributed by atoms with Gasteiger partial charge in [-0.25, -0.2) is 4.98 Å². The molecular formula is C12H13N5O4. The van der Waals surface area contributed by atoms with Crippen LogP contribution in [-0.4, -0.2) is 28.0 Å². The molecule has 9 nitrogen and oxygen atoms in total. The molecule has 0 unspecified atom stereocenters. The van der Waals surface area contributed by atoms with Crippen molar-refractivity contribution in [2.24, 2.45) is 0 Å². The number of nitrogens with zero attached hydrogens (tertiary/aromatic N) is 3. The summed E-state index contributed by atoms with van der Waals surface area (Å²) in [6.07, 6.45) is 1.09. The van der Waals surface area contributed by atoms with Gasteiger partial charge < -0.3 is 15.2 Å². The highest BCUT2D eigenvalue weighted by atomic mass is 16.6. The number of carbonyl (C=O) groups is 1. The van der Waals surface area contributed by atoms with E-state index in [4.69, 9.17) is 4.52 Å². The second-order valence-electron chi connectivity index (χ2n) is 4.21. The number of aryl methyl sites for hydroxylation is 1. The Bertz CT molecular complexity index is 682. The minimum absolute atomic E-state index is 0.0861. The summed E-state index contributed by atoms with van der Waals surface area (Å²) in [5.41, 5.74) is 0.532. The number of amides is 1. The highest BCUT2D eigenvalue weighted by molar-refractivity contribution is 5.99. The number of nitro groups is 1. The molecule has 2 aromatic rings. The van der Waals surface area contributed by atoms with E-state index in [1.807, 2.05) is 0 Å². The smallest absolute Gasteiger partial charge is 0.288 e. The lowest BCUT2D eigenvalue weighted by Crippen LogP contribution is -2.24. The molecular weight excluding hydrogens is 278 g/mol. The van der Waals surface area contributed by atoms with Gasteiger partial charge in [0.05, 0.1) is 22.7 Å². The van der Waals surface area contributed by atoms with Gasteiger partial charge >= 0.3 is 0 Å². The Morgan fingerprint density at radius 2 is 2.24 bits per heavy atom. The van der Waals surface area contributed by atoms with Crippen molar-refractivity contribution in [2.45, 2.75) is 13.5 Å². The number of anilines is 1. The summed E-state index contributed by atoms with van der Waals surface area (Å²) in [7, 11) is 1.57. The van der Waals surface area contributed by atoms with Gasteiger partial charge in [-0.15, -0.1) is 0 Å². The van der Waals surface area contributed by atoms with E-state index in [1.165, 1.54) is 6.07 Å². The van der Waals surface area contributed by atoms with E-state index in [0.29, 0.717) is 11.5 Å². The molecule has 0 saturated heterocycles.